The molecule has 1 amide bonds. The van der Waals surface area contributed by atoms with Gasteiger partial charge in [-0.3, -0.25) is 4.79 Å². The fourth-order valence-corrected chi connectivity index (χ4v) is 1.64. The predicted molar refractivity (Wildman–Crippen MR) is 67.4 cm³/mol. The van der Waals surface area contributed by atoms with E-state index in [1.165, 1.54) is 12.1 Å². The minimum absolute atomic E-state index is 0.149. The van der Waals surface area contributed by atoms with Gasteiger partial charge in [-0.05, 0) is 30.5 Å². The number of nitrogens with one attached hydrogen (secondary N) is 1. The number of rotatable bonds is 4. The van der Waals surface area contributed by atoms with Crippen LogP contribution in [0.25, 0.3) is 0 Å². The molecule has 2 unspecified atom stereocenters. The number of amides is 1. The molecule has 2 atom stereocenters. The molecular formula is C13H17ClFNO. The van der Waals surface area contributed by atoms with Crippen LogP contribution in [0.2, 0.25) is 0 Å². The van der Waals surface area contributed by atoms with Crippen molar-refractivity contribution >= 4 is 17.5 Å². The van der Waals surface area contributed by atoms with E-state index < -0.39 is 5.38 Å². The summed E-state index contributed by atoms with van der Waals surface area (Å²) in [7, 11) is 0. The number of halogens is 2. The Kier molecular flexibility index (Phi) is 4.94. The highest BCUT2D eigenvalue weighted by Crippen LogP contribution is 2.22. The topological polar surface area (TPSA) is 29.1 Å². The van der Waals surface area contributed by atoms with Gasteiger partial charge in [0.2, 0.25) is 5.91 Å². The number of carbonyl (C=O) groups is 1. The zero-order chi connectivity index (χ0) is 13.0. The van der Waals surface area contributed by atoms with E-state index in [1.54, 1.807) is 19.1 Å². The van der Waals surface area contributed by atoms with Crippen molar-refractivity contribution in [2.24, 2.45) is 5.92 Å². The van der Waals surface area contributed by atoms with Crippen LogP contribution in [0, 0.1) is 11.7 Å². The van der Waals surface area contributed by atoms with E-state index in [-0.39, 0.29) is 23.7 Å². The molecule has 1 aromatic carbocycles. The average Bonchev–Trinajstić information content (AvgIpc) is 2.26. The van der Waals surface area contributed by atoms with Crippen LogP contribution >= 0.6 is 11.6 Å². The van der Waals surface area contributed by atoms with Gasteiger partial charge in [-0.25, -0.2) is 4.39 Å². The van der Waals surface area contributed by atoms with Gasteiger partial charge < -0.3 is 5.32 Å². The van der Waals surface area contributed by atoms with Crippen LogP contribution in [0.15, 0.2) is 24.3 Å². The Balaban J connectivity index is 2.86. The van der Waals surface area contributed by atoms with Crippen molar-refractivity contribution in [1.29, 1.82) is 0 Å². The lowest BCUT2D eigenvalue weighted by atomic mass is 9.96. The molecule has 0 heterocycles. The van der Waals surface area contributed by atoms with E-state index in [2.05, 4.69) is 5.32 Å². The van der Waals surface area contributed by atoms with E-state index in [9.17, 15) is 9.18 Å². The van der Waals surface area contributed by atoms with E-state index in [0.717, 1.165) is 5.56 Å². The molecule has 0 saturated heterocycles. The summed E-state index contributed by atoms with van der Waals surface area (Å²) in [5.41, 5.74) is 0.882. The standard InChI is InChI=1S/C13H17ClFNO/c1-8(2)12(16-13(17)9(3)14)10-4-6-11(15)7-5-10/h4-9,12H,1-3H3,(H,16,17). The predicted octanol–water partition coefficient (Wildman–Crippen LogP) is 3.27. The van der Waals surface area contributed by atoms with Gasteiger partial charge in [0.05, 0.1) is 6.04 Å². The minimum Gasteiger partial charge on any atom is -0.348 e. The molecule has 0 aliphatic carbocycles. The van der Waals surface area contributed by atoms with Gasteiger partial charge in [-0.15, -0.1) is 11.6 Å². The Morgan fingerprint density at radius 1 is 1.24 bits per heavy atom. The third-order valence-electron chi connectivity index (χ3n) is 2.55. The third-order valence-corrected chi connectivity index (χ3v) is 2.75. The summed E-state index contributed by atoms with van der Waals surface area (Å²) in [5, 5.41) is 2.29. The Hall–Kier alpha value is -1.09. The van der Waals surface area contributed by atoms with Crippen molar-refractivity contribution in [3.63, 3.8) is 0 Å². The van der Waals surface area contributed by atoms with Gasteiger partial charge in [0.1, 0.15) is 11.2 Å². The van der Waals surface area contributed by atoms with Gasteiger partial charge in [-0.2, -0.15) is 0 Å². The molecule has 1 N–H and O–H groups in total. The van der Waals surface area contributed by atoms with Crippen molar-refractivity contribution in [2.75, 3.05) is 0 Å². The highest BCUT2D eigenvalue weighted by atomic mass is 35.5. The molecule has 0 aliphatic rings. The Morgan fingerprint density at radius 3 is 2.18 bits per heavy atom. The number of hydrogen-bond donors (Lipinski definition) is 1. The first-order chi connectivity index (χ1) is 7.91. The lowest BCUT2D eigenvalue weighted by molar-refractivity contribution is -0.121. The van der Waals surface area contributed by atoms with Crippen LogP contribution in [0.4, 0.5) is 4.39 Å². The summed E-state index contributed by atoms with van der Waals surface area (Å²) in [6, 6.07) is 5.99. The SMILES string of the molecule is CC(Cl)C(=O)NC(c1ccc(F)cc1)C(C)C. The van der Waals surface area contributed by atoms with Crippen LogP contribution in [0.1, 0.15) is 32.4 Å². The van der Waals surface area contributed by atoms with Crippen molar-refractivity contribution in [3.05, 3.63) is 35.6 Å². The maximum atomic E-state index is 12.8. The fourth-order valence-electron chi connectivity index (χ4n) is 1.57. The quantitative estimate of drug-likeness (QED) is 0.824. The zero-order valence-electron chi connectivity index (χ0n) is 10.2. The first-order valence-corrected chi connectivity index (χ1v) is 6.05. The number of alkyl halides is 1. The van der Waals surface area contributed by atoms with Gasteiger partial charge in [0.25, 0.3) is 0 Å². The first-order valence-electron chi connectivity index (χ1n) is 5.61. The van der Waals surface area contributed by atoms with Gasteiger partial charge >= 0.3 is 0 Å². The van der Waals surface area contributed by atoms with Crippen LogP contribution in [-0.4, -0.2) is 11.3 Å². The number of hydrogen-bond acceptors (Lipinski definition) is 1. The molecule has 0 spiro atoms. The Labute approximate surface area is 106 Å². The fraction of sp³-hybridized carbons (Fsp3) is 0.462. The van der Waals surface area contributed by atoms with Crippen molar-refractivity contribution in [1.82, 2.24) is 5.32 Å². The van der Waals surface area contributed by atoms with Crippen molar-refractivity contribution in [2.45, 2.75) is 32.2 Å². The van der Waals surface area contributed by atoms with Crippen LogP contribution in [-0.2, 0) is 4.79 Å². The second-order valence-corrected chi connectivity index (χ2v) is 5.05. The molecule has 0 aromatic heterocycles. The van der Waals surface area contributed by atoms with E-state index in [0.29, 0.717) is 0 Å². The second-order valence-electron chi connectivity index (χ2n) is 4.40. The highest BCUT2D eigenvalue weighted by Gasteiger charge is 2.20. The molecule has 2 nitrogen and oxygen atoms in total. The minimum atomic E-state index is -0.573. The number of benzene rings is 1. The first kappa shape index (κ1) is 14.0. The molecule has 4 heteroatoms. The highest BCUT2D eigenvalue weighted by molar-refractivity contribution is 6.30. The van der Waals surface area contributed by atoms with Gasteiger partial charge in [0, 0.05) is 0 Å². The molecule has 0 radical (unpaired) electrons. The summed E-state index contributed by atoms with van der Waals surface area (Å²) < 4.78 is 12.8. The summed E-state index contributed by atoms with van der Waals surface area (Å²) in [4.78, 5) is 11.6. The molecule has 17 heavy (non-hydrogen) atoms. The van der Waals surface area contributed by atoms with Crippen LogP contribution in [0.5, 0.6) is 0 Å². The van der Waals surface area contributed by atoms with Crippen LogP contribution in [0.3, 0.4) is 0 Å². The molecular weight excluding hydrogens is 241 g/mol. The molecule has 94 valence electrons. The maximum absolute atomic E-state index is 12.8. The van der Waals surface area contributed by atoms with E-state index in [4.69, 9.17) is 11.6 Å². The largest absolute Gasteiger partial charge is 0.348 e. The Morgan fingerprint density at radius 2 is 1.76 bits per heavy atom. The number of carbonyl (C=O) groups excluding carboxylic acids is 1. The molecule has 0 bridgehead atoms. The summed E-state index contributed by atoms with van der Waals surface area (Å²) in [6.07, 6.45) is 0. The average molecular weight is 258 g/mol. The van der Waals surface area contributed by atoms with E-state index in [1.807, 2.05) is 13.8 Å². The summed E-state index contributed by atoms with van der Waals surface area (Å²) >= 11 is 5.72. The second kappa shape index (κ2) is 6.01. The maximum Gasteiger partial charge on any atom is 0.238 e. The van der Waals surface area contributed by atoms with Crippen LogP contribution < -0.4 is 5.32 Å². The lowest BCUT2D eigenvalue weighted by Crippen LogP contribution is -2.35. The Bertz CT molecular complexity index is 376. The van der Waals surface area contributed by atoms with E-state index >= 15 is 0 Å². The molecule has 0 saturated carbocycles. The lowest BCUT2D eigenvalue weighted by Gasteiger charge is -2.23. The third kappa shape index (κ3) is 4.00. The summed E-state index contributed by atoms with van der Waals surface area (Å²) in [5.74, 6) is -0.289. The monoisotopic (exact) mass is 257 g/mol. The van der Waals surface area contributed by atoms with Crippen molar-refractivity contribution < 1.29 is 9.18 Å². The molecule has 1 aromatic rings. The smallest absolute Gasteiger partial charge is 0.238 e. The van der Waals surface area contributed by atoms with Gasteiger partial charge in [0.15, 0.2) is 0 Å². The van der Waals surface area contributed by atoms with Gasteiger partial charge in [-0.1, -0.05) is 26.0 Å². The summed E-state index contributed by atoms with van der Waals surface area (Å²) in [6.45, 7) is 5.61. The zero-order valence-corrected chi connectivity index (χ0v) is 11.0. The molecule has 0 aliphatic heterocycles. The molecule has 1 rings (SSSR count). The normalized spacial score (nSPS) is 14.5. The van der Waals surface area contributed by atoms with Crippen molar-refractivity contribution in [3.8, 4) is 0 Å². The molecule has 0 fully saturated rings.